The highest BCUT2D eigenvalue weighted by molar-refractivity contribution is 6.22. The van der Waals surface area contributed by atoms with Gasteiger partial charge < -0.3 is 10.1 Å². The van der Waals surface area contributed by atoms with E-state index < -0.39 is 23.8 Å². The molecule has 6 nitrogen and oxygen atoms in total. The van der Waals surface area contributed by atoms with Crippen molar-refractivity contribution in [2.75, 3.05) is 11.5 Å². The van der Waals surface area contributed by atoms with E-state index in [0.717, 1.165) is 4.90 Å². The van der Waals surface area contributed by atoms with Crippen molar-refractivity contribution in [1.29, 1.82) is 0 Å². The minimum absolute atomic E-state index is 0.0881. The third kappa shape index (κ3) is 2.36. The van der Waals surface area contributed by atoms with Crippen LogP contribution in [0.1, 0.15) is 28.4 Å². The lowest BCUT2D eigenvalue weighted by molar-refractivity contribution is -0.118. The molecule has 126 valence electrons. The number of anilines is 1. The van der Waals surface area contributed by atoms with Gasteiger partial charge in [0.05, 0.1) is 17.9 Å². The maximum Gasteiger partial charge on any atom is 0.329 e. The van der Waals surface area contributed by atoms with Gasteiger partial charge in [-0.15, -0.1) is 0 Å². The number of imide groups is 1. The van der Waals surface area contributed by atoms with Crippen LogP contribution in [0.2, 0.25) is 0 Å². The van der Waals surface area contributed by atoms with E-state index in [0.29, 0.717) is 5.56 Å². The fraction of sp³-hybridized carbons (Fsp3) is 0.167. The number of nitrogens with one attached hydrogen (secondary N) is 1. The molecule has 2 aromatic carbocycles. The Balaban J connectivity index is 1.77. The van der Waals surface area contributed by atoms with Crippen LogP contribution in [0.3, 0.4) is 0 Å². The highest BCUT2D eigenvalue weighted by Gasteiger charge is 2.43. The van der Waals surface area contributed by atoms with E-state index in [-0.39, 0.29) is 35.8 Å². The average Bonchev–Trinajstić information content (AvgIpc) is 2.90. The fourth-order valence-corrected chi connectivity index (χ4v) is 3.08. The van der Waals surface area contributed by atoms with Crippen molar-refractivity contribution in [3.63, 3.8) is 0 Å². The summed E-state index contributed by atoms with van der Waals surface area (Å²) in [4.78, 5) is 38.1. The van der Waals surface area contributed by atoms with E-state index in [4.69, 9.17) is 4.74 Å². The Hall–Kier alpha value is -3.22. The average molecular weight is 340 g/mol. The predicted molar refractivity (Wildman–Crippen MR) is 86.0 cm³/mol. The number of rotatable bonds is 2. The fourth-order valence-electron chi connectivity index (χ4n) is 3.08. The number of ketones is 1. The zero-order chi connectivity index (χ0) is 17.6. The summed E-state index contributed by atoms with van der Waals surface area (Å²) in [5.74, 6) is -1.10. The van der Waals surface area contributed by atoms with Gasteiger partial charge in [0.1, 0.15) is 11.9 Å². The molecule has 1 fully saturated rings. The van der Waals surface area contributed by atoms with E-state index in [2.05, 4.69) is 5.32 Å². The first-order valence-corrected chi connectivity index (χ1v) is 7.76. The van der Waals surface area contributed by atoms with Crippen molar-refractivity contribution in [3.8, 4) is 5.75 Å². The second-order valence-electron chi connectivity index (χ2n) is 5.75. The molecule has 0 saturated carbocycles. The normalized spacial score (nSPS) is 19.5. The number of hydrogen-bond donors (Lipinski definition) is 1. The van der Waals surface area contributed by atoms with Gasteiger partial charge >= 0.3 is 6.03 Å². The molecule has 0 spiro atoms. The molecule has 0 bridgehead atoms. The summed E-state index contributed by atoms with van der Waals surface area (Å²) in [6.07, 6.45) is 0.244. The number of urea groups is 1. The van der Waals surface area contributed by atoms with E-state index in [1.54, 1.807) is 18.2 Å². The SMILES string of the molecule is O=C1CCOc2c1cccc2N1C(=O)NC(c2ccccc2F)C1=O. The van der Waals surface area contributed by atoms with Gasteiger partial charge in [-0.25, -0.2) is 14.1 Å². The highest BCUT2D eigenvalue weighted by Crippen LogP contribution is 2.38. The molecule has 25 heavy (non-hydrogen) atoms. The molecular formula is C18H13FN2O4. The van der Waals surface area contributed by atoms with Crippen LogP contribution in [0.4, 0.5) is 14.9 Å². The van der Waals surface area contributed by atoms with Gasteiger partial charge in [0.15, 0.2) is 11.5 Å². The maximum atomic E-state index is 14.0. The molecule has 2 aliphatic rings. The van der Waals surface area contributed by atoms with E-state index >= 15 is 0 Å². The molecule has 0 aliphatic carbocycles. The summed E-state index contributed by atoms with van der Waals surface area (Å²) in [6, 6.07) is 8.66. The van der Waals surface area contributed by atoms with Crippen molar-refractivity contribution in [2.24, 2.45) is 0 Å². The molecule has 0 aromatic heterocycles. The Labute approximate surface area is 142 Å². The Morgan fingerprint density at radius 1 is 1.08 bits per heavy atom. The molecule has 2 heterocycles. The molecule has 2 aliphatic heterocycles. The third-order valence-corrected chi connectivity index (χ3v) is 4.27. The minimum atomic E-state index is -1.12. The molecule has 1 N–H and O–H groups in total. The number of carbonyl (C=O) groups excluding carboxylic acids is 3. The van der Waals surface area contributed by atoms with Crippen molar-refractivity contribution in [3.05, 3.63) is 59.4 Å². The van der Waals surface area contributed by atoms with Crippen molar-refractivity contribution < 1.29 is 23.5 Å². The van der Waals surface area contributed by atoms with Crippen LogP contribution < -0.4 is 15.0 Å². The molecule has 2 aromatic rings. The molecule has 3 amide bonds. The minimum Gasteiger partial charge on any atom is -0.490 e. The Morgan fingerprint density at radius 2 is 1.88 bits per heavy atom. The maximum absolute atomic E-state index is 14.0. The van der Waals surface area contributed by atoms with Gasteiger partial charge in [-0.3, -0.25) is 9.59 Å². The molecule has 0 radical (unpaired) electrons. The first-order chi connectivity index (χ1) is 12.1. The second-order valence-corrected chi connectivity index (χ2v) is 5.75. The Morgan fingerprint density at radius 3 is 2.68 bits per heavy atom. The van der Waals surface area contributed by atoms with Crippen LogP contribution in [0.15, 0.2) is 42.5 Å². The number of hydrogen-bond acceptors (Lipinski definition) is 4. The monoisotopic (exact) mass is 340 g/mol. The molecule has 7 heteroatoms. The number of benzene rings is 2. The summed E-state index contributed by atoms with van der Waals surface area (Å²) >= 11 is 0. The molecule has 1 atom stereocenters. The zero-order valence-electron chi connectivity index (χ0n) is 13.0. The summed E-state index contributed by atoms with van der Waals surface area (Å²) < 4.78 is 19.5. The van der Waals surface area contributed by atoms with E-state index in [1.807, 2.05) is 0 Å². The number of para-hydroxylation sites is 1. The summed E-state index contributed by atoms with van der Waals surface area (Å²) in [7, 11) is 0. The van der Waals surface area contributed by atoms with Gasteiger partial charge in [0, 0.05) is 12.0 Å². The third-order valence-electron chi connectivity index (χ3n) is 4.27. The number of halogens is 1. The number of carbonyl (C=O) groups is 3. The topological polar surface area (TPSA) is 75.7 Å². The van der Waals surface area contributed by atoms with Crippen LogP contribution >= 0.6 is 0 Å². The van der Waals surface area contributed by atoms with Crippen LogP contribution in [0, 0.1) is 5.82 Å². The standard InChI is InChI=1S/C18H13FN2O4/c19-12-6-2-1-4-10(12)15-17(23)21(18(24)20-15)13-7-3-5-11-14(22)8-9-25-16(11)13/h1-7,15H,8-9H2,(H,20,24). The van der Waals surface area contributed by atoms with Gasteiger partial charge in [-0.2, -0.15) is 0 Å². The van der Waals surface area contributed by atoms with Crippen LogP contribution in [-0.4, -0.2) is 24.3 Å². The number of amides is 3. The largest absolute Gasteiger partial charge is 0.490 e. The number of ether oxygens (including phenoxy) is 1. The van der Waals surface area contributed by atoms with E-state index in [1.165, 1.54) is 24.3 Å². The first kappa shape index (κ1) is 15.3. The highest BCUT2D eigenvalue weighted by atomic mass is 19.1. The van der Waals surface area contributed by atoms with E-state index in [9.17, 15) is 18.8 Å². The lowest BCUT2D eigenvalue weighted by atomic mass is 10.0. The lowest BCUT2D eigenvalue weighted by Gasteiger charge is -2.22. The Kier molecular flexibility index (Phi) is 3.49. The van der Waals surface area contributed by atoms with Gasteiger partial charge in [-0.05, 0) is 18.2 Å². The zero-order valence-corrected chi connectivity index (χ0v) is 13.0. The number of nitrogens with zero attached hydrogens (tertiary/aromatic N) is 1. The smallest absolute Gasteiger partial charge is 0.329 e. The molecule has 4 rings (SSSR count). The molecule has 1 saturated heterocycles. The predicted octanol–water partition coefficient (Wildman–Crippen LogP) is 2.59. The summed E-state index contributed by atoms with van der Waals surface area (Å²) in [5, 5.41) is 2.48. The van der Waals surface area contributed by atoms with Gasteiger partial charge in [-0.1, -0.05) is 24.3 Å². The van der Waals surface area contributed by atoms with Crippen molar-refractivity contribution in [1.82, 2.24) is 5.32 Å². The van der Waals surface area contributed by atoms with Crippen molar-refractivity contribution in [2.45, 2.75) is 12.5 Å². The van der Waals surface area contributed by atoms with Crippen molar-refractivity contribution >= 4 is 23.4 Å². The first-order valence-electron chi connectivity index (χ1n) is 7.76. The van der Waals surface area contributed by atoms with Gasteiger partial charge in [0.25, 0.3) is 5.91 Å². The van der Waals surface area contributed by atoms with Gasteiger partial charge in [0.2, 0.25) is 0 Å². The number of fused-ring (bicyclic) bond motifs is 1. The molecule has 1 unspecified atom stereocenters. The Bertz CT molecular complexity index is 912. The van der Waals surface area contributed by atoms with Crippen LogP contribution in [-0.2, 0) is 4.79 Å². The lowest BCUT2D eigenvalue weighted by Crippen LogP contribution is -2.32. The second kappa shape index (κ2) is 5.70. The summed E-state index contributed by atoms with van der Waals surface area (Å²) in [5.41, 5.74) is 0.607. The van der Waals surface area contributed by atoms with Crippen LogP contribution in [0.25, 0.3) is 0 Å². The molecular weight excluding hydrogens is 327 g/mol. The quantitative estimate of drug-likeness (QED) is 0.853. The van der Waals surface area contributed by atoms with Crippen LogP contribution in [0.5, 0.6) is 5.75 Å². The number of Topliss-reactive ketones (excluding diaryl/α,β-unsaturated/α-hetero) is 1. The summed E-state index contributed by atoms with van der Waals surface area (Å²) in [6.45, 7) is 0.184.